The Hall–Kier alpha value is -3.87. The number of aromatic nitrogens is 1. The van der Waals surface area contributed by atoms with Gasteiger partial charge in [-0.1, -0.05) is 5.16 Å². The molecule has 31 heavy (non-hydrogen) atoms. The Morgan fingerprint density at radius 3 is 2.74 bits per heavy atom. The molecule has 1 aromatic heterocycles. The van der Waals surface area contributed by atoms with Gasteiger partial charge in [0.05, 0.1) is 11.7 Å². The molecule has 12 nitrogen and oxygen atoms in total. The van der Waals surface area contributed by atoms with Crippen LogP contribution >= 0.6 is 11.3 Å². The number of nitrogen functional groups attached to an aromatic ring is 3. The van der Waals surface area contributed by atoms with Crippen molar-refractivity contribution in [2.24, 2.45) is 10.9 Å². The second-order valence-corrected chi connectivity index (χ2v) is 7.50. The molecular weight excluding hydrogens is 424 g/mol. The van der Waals surface area contributed by atoms with Crippen molar-refractivity contribution < 1.29 is 19.2 Å². The minimum absolute atomic E-state index is 0.00458. The summed E-state index contributed by atoms with van der Waals surface area (Å²) in [6, 6.07) is 3.89. The van der Waals surface area contributed by atoms with Gasteiger partial charge in [0, 0.05) is 10.9 Å². The van der Waals surface area contributed by atoms with Crippen molar-refractivity contribution in [1.29, 1.82) is 5.41 Å². The van der Waals surface area contributed by atoms with Crippen molar-refractivity contribution >= 4 is 45.5 Å². The number of oxime groups is 1. The monoisotopic (exact) mass is 446 g/mol. The summed E-state index contributed by atoms with van der Waals surface area (Å²) in [7, 11) is 0. The first kappa shape index (κ1) is 21.8. The van der Waals surface area contributed by atoms with E-state index >= 15 is 0 Å². The molecule has 0 radical (unpaired) electrons. The summed E-state index contributed by atoms with van der Waals surface area (Å²) in [4.78, 5) is 33.5. The average Bonchev–Trinajstić information content (AvgIpc) is 3.15. The summed E-state index contributed by atoms with van der Waals surface area (Å²) >= 11 is 1.14. The molecule has 2 amide bonds. The summed E-state index contributed by atoms with van der Waals surface area (Å²) in [6.07, 6.45) is 0. The lowest BCUT2D eigenvalue weighted by Crippen LogP contribution is -2.68. The van der Waals surface area contributed by atoms with Crippen molar-refractivity contribution in [3.8, 4) is 5.75 Å². The van der Waals surface area contributed by atoms with Crippen LogP contribution in [0.3, 0.4) is 0 Å². The molecule has 9 N–H and O–H groups in total. The van der Waals surface area contributed by atoms with E-state index in [1.807, 2.05) is 0 Å². The standard InChI is InChI=1S/C18H22N8O4S/c1-8-13(16(27)23-8)25-17(28)14(11-7-31-18(22)24-11)26-30-5-4-29-12-3-2-9(15(20)21)6-10(12)19/h2-3,6-8,13H,4-5,19H2,1H3,(H3,20,21)(H2,22,24)(H,23,27)(H,25,28)/b26-14-/t8-,13-/m0/s1. The molecule has 0 unspecified atom stereocenters. The number of anilines is 2. The van der Waals surface area contributed by atoms with E-state index in [2.05, 4.69) is 20.8 Å². The van der Waals surface area contributed by atoms with Crippen LogP contribution in [0, 0.1) is 5.41 Å². The van der Waals surface area contributed by atoms with Gasteiger partial charge in [0.2, 0.25) is 5.91 Å². The minimum Gasteiger partial charge on any atom is -0.488 e. The topological polar surface area (TPSA) is 204 Å². The maximum absolute atomic E-state index is 12.6. The third-order valence-corrected chi connectivity index (χ3v) is 5.00. The van der Waals surface area contributed by atoms with E-state index in [1.54, 1.807) is 24.4 Å². The Morgan fingerprint density at radius 2 is 2.16 bits per heavy atom. The number of rotatable bonds is 9. The largest absolute Gasteiger partial charge is 0.488 e. The first-order valence-electron chi connectivity index (χ1n) is 9.15. The number of carbonyl (C=O) groups excluding carboxylic acids is 2. The Kier molecular flexibility index (Phi) is 6.55. The number of nitrogens with two attached hydrogens (primary N) is 3. The van der Waals surface area contributed by atoms with Crippen molar-refractivity contribution in [3.63, 3.8) is 0 Å². The summed E-state index contributed by atoms with van der Waals surface area (Å²) in [6.45, 7) is 1.86. The molecule has 1 fully saturated rings. The van der Waals surface area contributed by atoms with E-state index in [0.29, 0.717) is 17.0 Å². The lowest BCUT2D eigenvalue weighted by Gasteiger charge is -2.34. The smallest absolute Gasteiger partial charge is 0.276 e. The Labute approximate surface area is 181 Å². The molecule has 2 heterocycles. The van der Waals surface area contributed by atoms with Gasteiger partial charge in [-0.3, -0.25) is 15.0 Å². The summed E-state index contributed by atoms with van der Waals surface area (Å²) in [5.74, 6) is -0.589. The van der Waals surface area contributed by atoms with Crippen LogP contribution in [-0.4, -0.2) is 53.6 Å². The highest BCUT2D eigenvalue weighted by atomic mass is 32.1. The number of hydrogen-bond acceptors (Lipinski definition) is 10. The van der Waals surface area contributed by atoms with Gasteiger partial charge in [-0.15, -0.1) is 11.3 Å². The van der Waals surface area contributed by atoms with Crippen LogP contribution in [0.25, 0.3) is 0 Å². The number of benzene rings is 1. The average molecular weight is 446 g/mol. The molecule has 0 aliphatic carbocycles. The van der Waals surface area contributed by atoms with Crippen LogP contribution in [-0.2, 0) is 14.4 Å². The van der Waals surface area contributed by atoms with Crippen molar-refractivity contribution in [1.82, 2.24) is 15.6 Å². The van der Waals surface area contributed by atoms with Gasteiger partial charge in [-0.2, -0.15) is 0 Å². The van der Waals surface area contributed by atoms with E-state index in [0.717, 1.165) is 11.3 Å². The van der Waals surface area contributed by atoms with Crippen LogP contribution < -0.4 is 32.6 Å². The number of hydrogen-bond donors (Lipinski definition) is 6. The van der Waals surface area contributed by atoms with E-state index in [1.165, 1.54) is 6.07 Å². The van der Waals surface area contributed by atoms with E-state index < -0.39 is 11.9 Å². The molecule has 164 valence electrons. The first-order valence-corrected chi connectivity index (χ1v) is 10.0. The first-order chi connectivity index (χ1) is 14.8. The number of carbonyl (C=O) groups is 2. The van der Waals surface area contributed by atoms with Crippen LogP contribution in [0.5, 0.6) is 5.75 Å². The highest BCUT2D eigenvalue weighted by molar-refractivity contribution is 7.13. The zero-order valence-electron chi connectivity index (χ0n) is 16.5. The predicted octanol–water partition coefficient (Wildman–Crippen LogP) is -0.606. The zero-order valence-corrected chi connectivity index (χ0v) is 17.4. The minimum atomic E-state index is -0.655. The number of nitrogens with one attached hydrogen (secondary N) is 3. The lowest BCUT2D eigenvalue weighted by molar-refractivity contribution is -0.134. The van der Waals surface area contributed by atoms with E-state index in [9.17, 15) is 9.59 Å². The van der Waals surface area contributed by atoms with Gasteiger partial charge in [0.25, 0.3) is 5.91 Å². The predicted molar refractivity (Wildman–Crippen MR) is 116 cm³/mol. The lowest BCUT2D eigenvalue weighted by atomic mass is 10.0. The van der Waals surface area contributed by atoms with Gasteiger partial charge < -0.3 is 37.4 Å². The van der Waals surface area contributed by atoms with Gasteiger partial charge in [0.1, 0.15) is 29.9 Å². The third-order valence-electron chi connectivity index (χ3n) is 4.33. The SMILES string of the molecule is C[C@@H]1NC(=O)[C@H]1NC(=O)/C(=N\OCCOc1ccc(C(=N)N)cc1N)c1csc(N)n1. The fourth-order valence-corrected chi connectivity index (χ4v) is 3.22. The molecule has 2 atom stereocenters. The Balaban J connectivity index is 1.60. The van der Waals surface area contributed by atoms with Crippen molar-refractivity contribution in [2.45, 2.75) is 19.0 Å². The third kappa shape index (κ3) is 5.19. The van der Waals surface area contributed by atoms with Gasteiger partial charge >= 0.3 is 0 Å². The highest BCUT2D eigenvalue weighted by Gasteiger charge is 2.38. The molecule has 0 spiro atoms. The number of ether oxygens (including phenoxy) is 1. The number of β-lactam (4-membered cyclic amide) rings is 1. The molecule has 2 aromatic rings. The fraction of sp³-hybridized carbons (Fsp3) is 0.278. The number of amidine groups is 1. The maximum atomic E-state index is 12.6. The van der Waals surface area contributed by atoms with Crippen molar-refractivity contribution in [3.05, 3.63) is 34.8 Å². The fourth-order valence-electron chi connectivity index (χ4n) is 2.68. The molecule has 0 saturated carbocycles. The molecular formula is C18H22N8O4S. The quantitative estimate of drug-likeness (QED) is 0.0730. The normalized spacial score (nSPS) is 18.0. The van der Waals surface area contributed by atoms with Crippen LogP contribution in [0.15, 0.2) is 28.7 Å². The van der Waals surface area contributed by atoms with Crippen LogP contribution in [0.4, 0.5) is 10.8 Å². The number of nitrogens with zero attached hydrogens (tertiary/aromatic N) is 2. The van der Waals surface area contributed by atoms with E-state index in [-0.39, 0.29) is 47.5 Å². The van der Waals surface area contributed by atoms with Crippen molar-refractivity contribution in [2.75, 3.05) is 24.7 Å². The van der Waals surface area contributed by atoms with Gasteiger partial charge in [-0.25, -0.2) is 4.98 Å². The molecule has 1 saturated heterocycles. The molecule has 1 aromatic carbocycles. The van der Waals surface area contributed by atoms with Gasteiger partial charge in [0.15, 0.2) is 17.5 Å². The number of amides is 2. The zero-order chi connectivity index (χ0) is 22.5. The summed E-state index contributed by atoms with van der Waals surface area (Å²) in [5, 5.41) is 18.3. The van der Waals surface area contributed by atoms with Crippen LogP contribution in [0.2, 0.25) is 0 Å². The second kappa shape index (κ2) is 9.30. The summed E-state index contributed by atoms with van der Waals surface area (Å²) < 4.78 is 5.53. The highest BCUT2D eigenvalue weighted by Crippen LogP contribution is 2.22. The van der Waals surface area contributed by atoms with Gasteiger partial charge in [-0.05, 0) is 25.1 Å². The van der Waals surface area contributed by atoms with Crippen LogP contribution in [0.1, 0.15) is 18.2 Å². The molecule has 1 aliphatic rings. The molecule has 0 bridgehead atoms. The second-order valence-electron chi connectivity index (χ2n) is 6.61. The molecule has 13 heteroatoms. The molecule has 1 aliphatic heterocycles. The van der Waals surface area contributed by atoms with E-state index in [4.69, 9.17) is 32.2 Å². The Morgan fingerprint density at radius 1 is 1.39 bits per heavy atom. The maximum Gasteiger partial charge on any atom is 0.276 e. The number of thiazole rings is 1. The summed E-state index contributed by atoms with van der Waals surface area (Å²) in [5.41, 5.74) is 17.9. The Bertz CT molecular complexity index is 1040. The molecule has 3 rings (SSSR count).